The number of nitrogens with zero attached hydrogens (tertiary/aromatic N) is 6. The molecule has 3 unspecified atom stereocenters. The number of hydrogen-bond donors (Lipinski definition) is 4. The topological polar surface area (TPSA) is 253 Å². The van der Waals surface area contributed by atoms with Crippen molar-refractivity contribution in [3.8, 4) is 0 Å². The van der Waals surface area contributed by atoms with Crippen LogP contribution in [-0.4, -0.2) is 91.1 Å². The first-order valence-electron chi connectivity index (χ1n) is 13.0. The number of β-lactam (4-membered cyclic amide) rings is 1. The zero-order chi connectivity index (χ0) is 33.0. The monoisotopic (exact) mass is 659 g/mol. The summed E-state index contributed by atoms with van der Waals surface area (Å²) in [5.41, 5.74) is -1.42. The molecule has 19 nitrogen and oxygen atoms in total. The molecule has 1 aliphatic heterocycles. The van der Waals surface area contributed by atoms with Gasteiger partial charge in [0.15, 0.2) is 5.13 Å². The molecule has 0 spiro atoms. The van der Waals surface area contributed by atoms with Gasteiger partial charge in [-0.05, 0) is 46.7 Å². The fraction of sp³-hybridized carbons (Fsp3) is 0.609. The van der Waals surface area contributed by atoms with E-state index in [1.54, 1.807) is 41.5 Å². The van der Waals surface area contributed by atoms with Crippen molar-refractivity contribution in [3.05, 3.63) is 27.9 Å². The van der Waals surface area contributed by atoms with E-state index >= 15 is 0 Å². The summed E-state index contributed by atoms with van der Waals surface area (Å²) in [6, 6.07) is -4.56. The van der Waals surface area contributed by atoms with E-state index in [4.69, 9.17) is 9.47 Å². The number of anilines is 1. The van der Waals surface area contributed by atoms with Gasteiger partial charge in [-0.1, -0.05) is 5.21 Å². The largest absolute Gasteiger partial charge is 0.444 e. The van der Waals surface area contributed by atoms with Gasteiger partial charge in [-0.2, -0.15) is 8.42 Å². The summed E-state index contributed by atoms with van der Waals surface area (Å²) < 4.78 is 45.1. The van der Waals surface area contributed by atoms with Crippen molar-refractivity contribution in [1.29, 1.82) is 0 Å². The van der Waals surface area contributed by atoms with E-state index in [1.807, 2.05) is 0 Å². The number of carbonyl (C=O) groups excluding carboxylic acids is 4. The molecule has 21 heteroatoms. The quantitative estimate of drug-likeness (QED) is 0.150. The molecule has 242 valence electrons. The van der Waals surface area contributed by atoms with Crippen LogP contribution in [0.1, 0.15) is 59.0 Å². The molecule has 0 saturated carbocycles. The minimum absolute atomic E-state index is 0.00947. The van der Waals surface area contributed by atoms with Gasteiger partial charge < -0.3 is 20.1 Å². The highest BCUT2D eigenvalue weighted by molar-refractivity contribution is 7.84. The molecule has 0 radical (unpaired) electrons. The van der Waals surface area contributed by atoms with Gasteiger partial charge in [0.1, 0.15) is 17.2 Å². The van der Waals surface area contributed by atoms with Crippen LogP contribution >= 0.6 is 11.3 Å². The second kappa shape index (κ2) is 13.2. The zero-order valence-electron chi connectivity index (χ0n) is 24.6. The number of ether oxygens (including phenoxy) is 2. The normalized spacial score (nSPS) is 17.7. The molecular weight excluding hydrogens is 626 g/mol. The number of carbonyl (C=O) groups is 4. The Morgan fingerprint density at radius 3 is 2.36 bits per heavy atom. The Bertz CT molecular complexity index is 1510. The molecule has 3 atom stereocenters. The van der Waals surface area contributed by atoms with Crippen molar-refractivity contribution in [2.75, 3.05) is 11.9 Å². The van der Waals surface area contributed by atoms with Crippen molar-refractivity contribution in [1.82, 2.24) is 34.9 Å². The summed E-state index contributed by atoms with van der Waals surface area (Å²) in [5, 5.41) is 19.1. The first-order chi connectivity index (χ1) is 20.3. The minimum atomic E-state index is -5.02. The number of alkyl carbamates (subject to hydrolysis) is 1. The maximum atomic E-state index is 12.9. The average molecular weight is 660 g/mol. The first-order valence-corrected chi connectivity index (χ1v) is 15.3. The second-order valence-electron chi connectivity index (χ2n) is 11.5. The van der Waals surface area contributed by atoms with Crippen molar-refractivity contribution in [3.63, 3.8) is 0 Å². The lowest BCUT2D eigenvalue weighted by Crippen LogP contribution is -2.72. The number of nitrogens with one attached hydrogen (secondary N) is 3. The van der Waals surface area contributed by atoms with E-state index in [1.165, 1.54) is 16.3 Å². The molecular formula is C23H33N9O10S2. The summed E-state index contributed by atoms with van der Waals surface area (Å²) in [5.74, 6) is -2.24. The van der Waals surface area contributed by atoms with Gasteiger partial charge in [0.05, 0.1) is 24.0 Å². The van der Waals surface area contributed by atoms with Gasteiger partial charge in [0.2, 0.25) is 6.04 Å². The van der Waals surface area contributed by atoms with Crippen LogP contribution in [0.3, 0.4) is 0 Å². The lowest BCUT2D eigenvalue weighted by molar-refractivity contribution is -0.146. The van der Waals surface area contributed by atoms with Gasteiger partial charge in [-0.25, -0.2) is 18.9 Å². The van der Waals surface area contributed by atoms with Gasteiger partial charge >= 0.3 is 22.5 Å². The molecule has 1 fully saturated rings. The summed E-state index contributed by atoms with van der Waals surface area (Å²) in [7, 11) is -5.02. The van der Waals surface area contributed by atoms with Crippen LogP contribution in [0.2, 0.25) is 0 Å². The van der Waals surface area contributed by atoms with Crippen LogP contribution in [0.15, 0.2) is 16.8 Å². The average Bonchev–Trinajstić information content (AvgIpc) is 3.49. The Labute approximate surface area is 255 Å². The van der Waals surface area contributed by atoms with Crippen molar-refractivity contribution in [2.24, 2.45) is 5.18 Å². The number of aromatic nitrogens is 4. The number of rotatable bonds is 11. The highest BCUT2D eigenvalue weighted by atomic mass is 32.2. The predicted molar refractivity (Wildman–Crippen MR) is 153 cm³/mol. The molecule has 3 rings (SSSR count). The maximum Gasteiger partial charge on any atom is 0.413 e. The summed E-state index contributed by atoms with van der Waals surface area (Å²) in [6.07, 6.45) is -0.298. The molecule has 4 amide bonds. The predicted octanol–water partition coefficient (Wildman–Crippen LogP) is 1.15. The molecule has 1 aliphatic rings. The highest BCUT2D eigenvalue weighted by Gasteiger charge is 2.54. The van der Waals surface area contributed by atoms with Crippen LogP contribution in [0, 0.1) is 4.91 Å². The Morgan fingerprint density at radius 1 is 1.14 bits per heavy atom. The van der Waals surface area contributed by atoms with E-state index in [2.05, 4.69) is 36.4 Å². The molecule has 2 aromatic rings. The number of nitroso groups, excluding NO2 is 1. The van der Waals surface area contributed by atoms with Crippen LogP contribution in [-0.2, 0) is 42.3 Å². The fourth-order valence-corrected chi connectivity index (χ4v) is 5.43. The van der Waals surface area contributed by atoms with Crippen LogP contribution < -0.4 is 16.0 Å². The molecule has 0 aromatic carbocycles. The van der Waals surface area contributed by atoms with Crippen LogP contribution in [0.5, 0.6) is 0 Å². The molecule has 4 N–H and O–H groups in total. The number of hydrogen-bond acceptors (Lipinski definition) is 14. The van der Waals surface area contributed by atoms with E-state index < -0.39 is 63.6 Å². The van der Waals surface area contributed by atoms with Gasteiger partial charge in [-0.15, -0.1) is 21.3 Å². The van der Waals surface area contributed by atoms with E-state index in [-0.39, 0.29) is 40.3 Å². The summed E-state index contributed by atoms with van der Waals surface area (Å²) in [4.78, 5) is 65.0. The molecule has 1 saturated heterocycles. The minimum Gasteiger partial charge on any atom is -0.444 e. The van der Waals surface area contributed by atoms with Crippen molar-refractivity contribution >= 4 is 50.8 Å². The summed E-state index contributed by atoms with van der Waals surface area (Å²) >= 11 is 0.885. The van der Waals surface area contributed by atoms with E-state index in [9.17, 15) is 37.1 Å². The Balaban J connectivity index is 1.66. The Kier molecular flexibility index (Phi) is 10.3. The second-order valence-corrected chi connectivity index (χ2v) is 13.6. The van der Waals surface area contributed by atoms with E-state index in [0.717, 1.165) is 11.3 Å². The fourth-order valence-electron chi connectivity index (χ4n) is 3.83. The molecule has 3 heterocycles. The van der Waals surface area contributed by atoms with E-state index in [0.29, 0.717) is 0 Å². The number of thiazole rings is 1. The Hall–Kier alpha value is -4.24. The van der Waals surface area contributed by atoms with Crippen molar-refractivity contribution < 1.29 is 41.6 Å². The van der Waals surface area contributed by atoms with Crippen LogP contribution in [0.25, 0.3) is 0 Å². The Morgan fingerprint density at radius 2 is 1.77 bits per heavy atom. The molecule has 2 aromatic heterocycles. The van der Waals surface area contributed by atoms with Gasteiger partial charge in [0.25, 0.3) is 11.8 Å². The van der Waals surface area contributed by atoms with Crippen LogP contribution in [0.4, 0.5) is 14.7 Å². The van der Waals surface area contributed by atoms with Gasteiger partial charge in [-0.3, -0.25) is 24.1 Å². The highest BCUT2D eigenvalue weighted by Crippen LogP contribution is 2.29. The SMILES string of the molecule is CC(C)(C)OC(=O)NCCn1cc(CC2C(NC(=O)C(N=O)c3csc(NC(=O)OC(C)(C)C)n3)C(=O)N2S(=O)(=O)O)nn1. The third-order valence-corrected chi connectivity index (χ3v) is 7.22. The van der Waals surface area contributed by atoms with Crippen molar-refractivity contribution in [2.45, 2.75) is 83.8 Å². The lowest BCUT2D eigenvalue weighted by atomic mass is 9.94. The standard InChI is InChI=1S/C23H33N9O10S2/c1-22(2,3)41-20(35)24-7-8-31-10-12(28-30-31)9-14-16(18(34)32(14)44(38,39)40)26-17(33)15(29-37)13-11-43-19(25-13)27-21(36)42-23(4,5)6/h10-11,14-16H,7-9H2,1-6H3,(H,24,35)(H,26,33)(H,25,27,36)(H,38,39,40). The summed E-state index contributed by atoms with van der Waals surface area (Å²) in [6.45, 7) is 10.4. The maximum absolute atomic E-state index is 12.9. The molecule has 0 bridgehead atoms. The number of amides is 4. The molecule has 44 heavy (non-hydrogen) atoms. The molecule has 0 aliphatic carbocycles. The lowest BCUT2D eigenvalue weighted by Gasteiger charge is -2.44. The zero-order valence-corrected chi connectivity index (χ0v) is 26.3. The third-order valence-electron chi connectivity index (χ3n) is 5.49. The smallest absolute Gasteiger partial charge is 0.413 e. The third kappa shape index (κ3) is 9.38. The van der Waals surface area contributed by atoms with Gasteiger partial charge in [0, 0.05) is 24.5 Å². The first kappa shape index (κ1) is 34.3.